The molecule has 0 saturated carbocycles. The molecule has 0 atom stereocenters. The summed E-state index contributed by atoms with van der Waals surface area (Å²) in [5, 5.41) is 10.1. The Morgan fingerprint density at radius 3 is 2.86 bits per heavy atom. The molecule has 14 heavy (non-hydrogen) atoms. The van der Waals surface area contributed by atoms with Gasteiger partial charge in [-0.3, -0.25) is 0 Å². The van der Waals surface area contributed by atoms with Gasteiger partial charge < -0.3 is 9.84 Å². The van der Waals surface area contributed by atoms with Gasteiger partial charge in [-0.15, -0.1) is 11.3 Å². The molecule has 0 spiro atoms. The highest BCUT2D eigenvalue weighted by Crippen LogP contribution is 2.07. The molecule has 1 rings (SSSR count). The van der Waals surface area contributed by atoms with E-state index in [2.05, 4.69) is 21.6 Å². The lowest BCUT2D eigenvalue weighted by atomic mass is 10.5. The molecule has 72 valence electrons. The van der Waals surface area contributed by atoms with Crippen molar-refractivity contribution in [2.75, 3.05) is 7.11 Å². The molecule has 0 bridgehead atoms. The van der Waals surface area contributed by atoms with Crippen molar-refractivity contribution < 1.29 is 19.4 Å². The van der Waals surface area contributed by atoms with Crippen LogP contribution in [-0.4, -0.2) is 29.1 Å². The highest BCUT2D eigenvalue weighted by Gasteiger charge is 2.06. The smallest absolute Gasteiger partial charge is 0.384 e. The third-order valence-electron chi connectivity index (χ3n) is 1.18. The van der Waals surface area contributed by atoms with Gasteiger partial charge in [0.25, 0.3) is 0 Å². The predicted molar refractivity (Wildman–Crippen MR) is 48.0 cm³/mol. The first-order chi connectivity index (χ1) is 6.63. The molecule has 1 aromatic heterocycles. The minimum atomic E-state index is -1.12. The maximum absolute atomic E-state index is 10.6. The quantitative estimate of drug-likeness (QED) is 0.536. The molecule has 0 aliphatic carbocycles. The Labute approximate surface area is 83.3 Å². The number of hydrogen-bond acceptors (Lipinski definition) is 5. The number of aromatic carboxylic acids is 1. The second kappa shape index (κ2) is 4.39. The highest BCUT2D eigenvalue weighted by molar-refractivity contribution is 7.10. The maximum atomic E-state index is 10.6. The van der Waals surface area contributed by atoms with Crippen LogP contribution in [0.1, 0.15) is 15.5 Å². The van der Waals surface area contributed by atoms with Gasteiger partial charge >= 0.3 is 11.9 Å². The van der Waals surface area contributed by atoms with Crippen LogP contribution in [0.4, 0.5) is 0 Å². The second-order valence-electron chi connectivity index (χ2n) is 2.08. The molecule has 1 N–H and O–H groups in total. The summed E-state index contributed by atoms with van der Waals surface area (Å²) < 4.78 is 4.27. The number of nitrogens with zero attached hydrogens (tertiary/aromatic N) is 1. The molecular weight excluding hydrogens is 206 g/mol. The number of esters is 1. The van der Waals surface area contributed by atoms with Gasteiger partial charge in [0.15, 0.2) is 10.7 Å². The second-order valence-corrected chi connectivity index (χ2v) is 2.94. The first-order valence-corrected chi connectivity index (χ1v) is 4.30. The third-order valence-corrected chi connectivity index (χ3v) is 1.94. The molecule has 0 saturated heterocycles. The number of hydrogen-bond donors (Lipinski definition) is 1. The molecule has 0 fully saturated rings. The monoisotopic (exact) mass is 211 g/mol. The Kier molecular flexibility index (Phi) is 3.20. The Morgan fingerprint density at radius 2 is 2.36 bits per heavy atom. The Bertz CT molecular complexity index is 426. The van der Waals surface area contributed by atoms with Crippen molar-refractivity contribution in [2.24, 2.45) is 0 Å². The van der Waals surface area contributed by atoms with Crippen LogP contribution in [0.3, 0.4) is 0 Å². The first kappa shape index (κ1) is 10.2. The number of methoxy groups -OCH3 is 1. The van der Waals surface area contributed by atoms with Crippen LogP contribution in [0.15, 0.2) is 5.38 Å². The Balaban J connectivity index is 2.81. The van der Waals surface area contributed by atoms with Gasteiger partial charge in [-0.2, -0.15) is 0 Å². The van der Waals surface area contributed by atoms with E-state index in [4.69, 9.17) is 5.11 Å². The van der Waals surface area contributed by atoms with Gasteiger partial charge in [-0.1, -0.05) is 0 Å². The lowest BCUT2D eigenvalue weighted by Crippen LogP contribution is -1.96. The van der Waals surface area contributed by atoms with E-state index in [-0.39, 0.29) is 10.7 Å². The standard InChI is InChI=1S/C8H5NO4S/c1-13-7(10)3-2-6-9-5(4-14-6)8(11)12/h4H,1H3,(H,11,12). The lowest BCUT2D eigenvalue weighted by Gasteiger charge is -1.83. The van der Waals surface area contributed by atoms with E-state index in [1.165, 1.54) is 12.5 Å². The summed E-state index contributed by atoms with van der Waals surface area (Å²) in [6.07, 6.45) is 0. The fraction of sp³-hybridized carbons (Fsp3) is 0.125. The number of thiazole rings is 1. The number of carboxylic acids is 1. The van der Waals surface area contributed by atoms with Crippen LogP contribution in [0.5, 0.6) is 0 Å². The van der Waals surface area contributed by atoms with E-state index < -0.39 is 11.9 Å². The number of ether oxygens (including phenoxy) is 1. The van der Waals surface area contributed by atoms with Crippen molar-refractivity contribution in [2.45, 2.75) is 0 Å². The van der Waals surface area contributed by atoms with E-state index >= 15 is 0 Å². The maximum Gasteiger partial charge on any atom is 0.384 e. The fourth-order valence-corrected chi connectivity index (χ4v) is 1.22. The molecule has 0 aliphatic heterocycles. The molecule has 0 aliphatic rings. The number of rotatable bonds is 1. The Hall–Kier alpha value is -1.87. The van der Waals surface area contributed by atoms with E-state index in [9.17, 15) is 9.59 Å². The van der Waals surface area contributed by atoms with Gasteiger partial charge in [0.05, 0.1) is 7.11 Å². The molecule has 0 radical (unpaired) electrons. The van der Waals surface area contributed by atoms with Crippen LogP contribution < -0.4 is 0 Å². The molecule has 0 amide bonds. The predicted octanol–water partition coefficient (Wildman–Crippen LogP) is 0.366. The summed E-state index contributed by atoms with van der Waals surface area (Å²) in [5.41, 5.74) is -0.0795. The number of carbonyl (C=O) groups is 2. The van der Waals surface area contributed by atoms with Gasteiger partial charge in [-0.05, 0) is 5.92 Å². The average molecular weight is 211 g/mol. The lowest BCUT2D eigenvalue weighted by molar-refractivity contribution is -0.133. The van der Waals surface area contributed by atoms with Crippen molar-refractivity contribution in [3.63, 3.8) is 0 Å². The largest absolute Gasteiger partial charge is 0.476 e. The van der Waals surface area contributed by atoms with Crippen LogP contribution in [0.25, 0.3) is 0 Å². The van der Waals surface area contributed by atoms with Crippen molar-refractivity contribution in [3.05, 3.63) is 16.1 Å². The summed E-state index contributed by atoms with van der Waals surface area (Å²) in [4.78, 5) is 24.7. The van der Waals surface area contributed by atoms with E-state index in [1.807, 2.05) is 0 Å². The molecule has 5 nitrogen and oxygen atoms in total. The van der Waals surface area contributed by atoms with Crippen LogP contribution in [-0.2, 0) is 9.53 Å². The number of carboxylic acid groups (broad SMARTS) is 1. The summed E-state index contributed by atoms with van der Waals surface area (Å²) in [7, 11) is 1.21. The molecular formula is C8H5NO4S. The molecule has 1 heterocycles. The van der Waals surface area contributed by atoms with E-state index in [1.54, 1.807) is 0 Å². The SMILES string of the molecule is COC(=O)C#Cc1nc(C(=O)O)cs1. The number of carbonyl (C=O) groups excluding carboxylic acids is 1. The zero-order chi connectivity index (χ0) is 10.6. The van der Waals surface area contributed by atoms with Gasteiger partial charge in [0, 0.05) is 11.3 Å². The number of aromatic nitrogens is 1. The van der Waals surface area contributed by atoms with E-state index in [0.717, 1.165) is 11.3 Å². The van der Waals surface area contributed by atoms with Gasteiger partial charge in [0.2, 0.25) is 0 Å². The summed E-state index contributed by atoms with van der Waals surface area (Å²) in [6.45, 7) is 0. The zero-order valence-corrected chi connectivity index (χ0v) is 7.92. The summed E-state index contributed by atoms with van der Waals surface area (Å²) in [5.74, 6) is 2.73. The Morgan fingerprint density at radius 1 is 1.64 bits per heavy atom. The van der Waals surface area contributed by atoms with Crippen molar-refractivity contribution in [3.8, 4) is 11.8 Å². The summed E-state index contributed by atoms with van der Waals surface area (Å²) in [6, 6.07) is 0. The topological polar surface area (TPSA) is 76.5 Å². The molecule has 0 aromatic carbocycles. The average Bonchev–Trinajstić information content (AvgIpc) is 2.62. The van der Waals surface area contributed by atoms with Gasteiger partial charge in [0.1, 0.15) is 0 Å². The highest BCUT2D eigenvalue weighted by atomic mass is 32.1. The van der Waals surface area contributed by atoms with Crippen molar-refractivity contribution >= 4 is 23.3 Å². The van der Waals surface area contributed by atoms with Crippen LogP contribution >= 0.6 is 11.3 Å². The fourth-order valence-electron chi connectivity index (χ4n) is 0.585. The van der Waals surface area contributed by atoms with Crippen LogP contribution in [0, 0.1) is 11.8 Å². The van der Waals surface area contributed by atoms with Gasteiger partial charge in [-0.25, -0.2) is 14.6 Å². The normalized spacial score (nSPS) is 8.64. The van der Waals surface area contributed by atoms with Crippen molar-refractivity contribution in [1.82, 2.24) is 4.98 Å². The molecule has 1 aromatic rings. The molecule has 6 heteroatoms. The molecule has 0 unspecified atom stereocenters. The summed E-state index contributed by atoms with van der Waals surface area (Å²) >= 11 is 1.06. The first-order valence-electron chi connectivity index (χ1n) is 3.42. The zero-order valence-electron chi connectivity index (χ0n) is 7.10. The van der Waals surface area contributed by atoms with Crippen molar-refractivity contribution in [1.29, 1.82) is 0 Å². The minimum Gasteiger partial charge on any atom is -0.476 e. The van der Waals surface area contributed by atoms with E-state index in [0.29, 0.717) is 0 Å². The third kappa shape index (κ3) is 2.57. The minimum absolute atomic E-state index is 0.0795. The van der Waals surface area contributed by atoms with Crippen LogP contribution in [0.2, 0.25) is 0 Å².